The Hall–Kier alpha value is -3.57. The van der Waals surface area contributed by atoms with Gasteiger partial charge in [0.15, 0.2) is 17.0 Å². The van der Waals surface area contributed by atoms with Gasteiger partial charge < -0.3 is 32.5 Å². The summed E-state index contributed by atoms with van der Waals surface area (Å²) in [6.45, 7) is 3.66. The molecule has 0 spiro atoms. The second-order valence-electron chi connectivity index (χ2n) is 8.12. The fourth-order valence-electron chi connectivity index (χ4n) is 3.81. The van der Waals surface area contributed by atoms with Gasteiger partial charge in [-0.15, -0.1) is 23.1 Å². The van der Waals surface area contributed by atoms with Crippen LogP contribution >= 0.6 is 34.9 Å². The molecule has 2 aromatic heterocycles. The first-order chi connectivity index (χ1) is 18.1. The number of anilines is 3. The van der Waals surface area contributed by atoms with E-state index in [1.807, 2.05) is 0 Å². The van der Waals surface area contributed by atoms with Crippen LogP contribution in [0.15, 0.2) is 33.0 Å². The average Bonchev–Trinajstić information content (AvgIpc) is 3.27. The first-order valence-corrected chi connectivity index (χ1v) is 14.2. The minimum Gasteiger partial charge on any atom is -0.477 e. The number of carboxylic acid groups (broad SMARTS) is 1. The molecule has 0 aromatic carbocycles. The van der Waals surface area contributed by atoms with E-state index in [1.165, 1.54) is 34.5 Å². The summed E-state index contributed by atoms with van der Waals surface area (Å²) in [7, 11) is 0. The van der Waals surface area contributed by atoms with E-state index in [9.17, 15) is 19.5 Å². The minimum atomic E-state index is -1.16. The van der Waals surface area contributed by atoms with Crippen LogP contribution in [0, 0.1) is 0 Å². The zero-order valence-electron chi connectivity index (χ0n) is 20.4. The summed E-state index contributed by atoms with van der Waals surface area (Å²) in [5.74, 6) is -0.907. The molecule has 2 aliphatic heterocycles. The van der Waals surface area contributed by atoms with E-state index >= 15 is 0 Å². The summed E-state index contributed by atoms with van der Waals surface area (Å²) >= 11 is 3.87. The third-order valence-electron chi connectivity index (χ3n) is 5.51. The van der Waals surface area contributed by atoms with Crippen LogP contribution < -0.4 is 27.1 Å². The molecule has 4 rings (SSSR count). The van der Waals surface area contributed by atoms with Gasteiger partial charge in [0.05, 0.1) is 17.9 Å². The van der Waals surface area contributed by atoms with Gasteiger partial charge in [-0.2, -0.15) is 0 Å². The molecule has 38 heavy (non-hydrogen) atoms. The number of oxime groups is 1. The van der Waals surface area contributed by atoms with Crippen molar-refractivity contribution in [2.24, 2.45) is 5.16 Å². The molecule has 2 aliphatic rings. The van der Waals surface area contributed by atoms with E-state index in [0.717, 1.165) is 11.3 Å². The predicted octanol–water partition coefficient (Wildman–Crippen LogP) is 0.384. The fourth-order valence-corrected chi connectivity index (χ4v) is 6.87. The average molecular weight is 581 g/mol. The Kier molecular flexibility index (Phi) is 8.27. The molecule has 2 atom stereocenters. The van der Waals surface area contributed by atoms with Crippen molar-refractivity contribution in [1.82, 2.24) is 20.2 Å². The number of thioether (sulfide) groups is 2. The van der Waals surface area contributed by atoms with Crippen LogP contribution in [0.2, 0.25) is 0 Å². The SMILES string of the molecule is CCO/N=C(\C(=O)NC(C)[n+]1c(N)cc(N)nc1SCC1=C(C(=O)O)N2C(=O)CC2SC1)c1csc(N)n1. The largest absolute Gasteiger partial charge is 0.477 e. The lowest BCUT2D eigenvalue weighted by molar-refractivity contribution is -0.747. The molecule has 1 saturated heterocycles. The highest BCUT2D eigenvalue weighted by atomic mass is 32.2. The number of hydrogen-bond acceptors (Lipinski definition) is 13. The molecule has 2 unspecified atom stereocenters. The van der Waals surface area contributed by atoms with Crippen molar-refractivity contribution in [1.29, 1.82) is 0 Å². The number of carboxylic acids is 1. The normalized spacial score (nSPS) is 18.1. The lowest BCUT2D eigenvalue weighted by Gasteiger charge is -2.43. The van der Waals surface area contributed by atoms with Crippen LogP contribution in [0.4, 0.5) is 16.8 Å². The number of nitrogens with one attached hydrogen (secondary N) is 1. The van der Waals surface area contributed by atoms with Gasteiger partial charge in [-0.3, -0.25) is 14.5 Å². The minimum absolute atomic E-state index is 0.00147. The number of nitrogens with two attached hydrogens (primary N) is 3. The Labute approximate surface area is 229 Å². The lowest BCUT2D eigenvalue weighted by Crippen LogP contribution is -2.54. The molecule has 2 amide bonds. The number of hydrogen-bond donors (Lipinski definition) is 5. The van der Waals surface area contributed by atoms with Crippen LogP contribution in [-0.2, 0) is 19.2 Å². The number of nitrogens with zero attached hydrogens (tertiary/aromatic N) is 5. The maximum absolute atomic E-state index is 13.1. The number of nitrogen functional groups attached to an aromatic ring is 3. The zero-order chi connectivity index (χ0) is 27.6. The topological polar surface area (TPSA) is 216 Å². The van der Waals surface area contributed by atoms with Gasteiger partial charge >= 0.3 is 11.1 Å². The quantitative estimate of drug-likeness (QED) is 0.0644. The predicted molar refractivity (Wildman–Crippen MR) is 144 cm³/mol. The van der Waals surface area contributed by atoms with Gasteiger partial charge in [-0.05, 0) is 31.2 Å². The third kappa shape index (κ3) is 5.63. The molecule has 0 radical (unpaired) electrons. The van der Waals surface area contributed by atoms with Crippen LogP contribution in [0.3, 0.4) is 0 Å². The molecule has 4 heterocycles. The highest BCUT2D eigenvalue weighted by molar-refractivity contribution is 8.00. The van der Waals surface area contributed by atoms with Gasteiger partial charge in [0.1, 0.15) is 18.0 Å². The van der Waals surface area contributed by atoms with E-state index < -0.39 is 18.0 Å². The second-order valence-corrected chi connectivity index (χ2v) is 11.1. The maximum atomic E-state index is 13.1. The summed E-state index contributed by atoms with van der Waals surface area (Å²) in [6.07, 6.45) is -0.398. The Morgan fingerprint density at radius 2 is 2.16 bits per heavy atom. The monoisotopic (exact) mass is 580 g/mol. The summed E-state index contributed by atoms with van der Waals surface area (Å²) in [5.41, 5.74) is 18.7. The van der Waals surface area contributed by atoms with E-state index in [-0.39, 0.29) is 57.5 Å². The zero-order valence-corrected chi connectivity index (χ0v) is 22.9. The Balaban J connectivity index is 1.58. The second kappa shape index (κ2) is 11.4. The molecule has 17 heteroatoms. The number of rotatable bonds is 10. The van der Waals surface area contributed by atoms with E-state index in [1.54, 1.807) is 23.8 Å². The van der Waals surface area contributed by atoms with Crippen LogP contribution in [0.1, 0.15) is 32.1 Å². The summed E-state index contributed by atoms with van der Waals surface area (Å²) < 4.78 is 1.56. The highest BCUT2D eigenvalue weighted by Crippen LogP contribution is 2.41. The van der Waals surface area contributed by atoms with Gasteiger partial charge in [0.25, 0.3) is 5.91 Å². The Bertz CT molecular complexity index is 1350. The van der Waals surface area contributed by atoms with Gasteiger partial charge in [0.2, 0.25) is 17.5 Å². The Morgan fingerprint density at radius 1 is 1.39 bits per heavy atom. The molecular formula is C21H26N9O5S3+. The number of carbonyl (C=O) groups is 3. The van der Waals surface area contributed by atoms with Crippen molar-refractivity contribution in [2.75, 3.05) is 35.3 Å². The number of aromatic nitrogens is 3. The Morgan fingerprint density at radius 3 is 2.79 bits per heavy atom. The smallest absolute Gasteiger partial charge is 0.352 e. The maximum Gasteiger partial charge on any atom is 0.352 e. The number of carbonyl (C=O) groups excluding carboxylic acids is 2. The molecule has 8 N–H and O–H groups in total. The third-order valence-corrected chi connectivity index (χ3v) is 8.50. The molecule has 2 aromatic rings. The first-order valence-electron chi connectivity index (χ1n) is 11.3. The van der Waals surface area contributed by atoms with E-state index in [2.05, 4.69) is 20.4 Å². The van der Waals surface area contributed by atoms with Crippen molar-refractivity contribution >= 4 is 75.1 Å². The molecule has 202 valence electrons. The number of β-lactam (4-membered cyclic amide) rings is 1. The van der Waals surface area contributed by atoms with Gasteiger partial charge in [-0.1, -0.05) is 10.1 Å². The fraction of sp³-hybridized carbons (Fsp3) is 0.381. The first kappa shape index (κ1) is 27.5. The molecule has 1 fully saturated rings. The van der Waals surface area contributed by atoms with Crippen LogP contribution in [0.25, 0.3) is 0 Å². The van der Waals surface area contributed by atoms with Gasteiger partial charge in [-0.25, -0.2) is 14.3 Å². The molecule has 0 bridgehead atoms. The summed E-state index contributed by atoms with van der Waals surface area (Å²) in [5, 5.41) is 18.5. The van der Waals surface area contributed by atoms with Crippen molar-refractivity contribution < 1.29 is 28.9 Å². The van der Waals surface area contributed by atoms with E-state index in [4.69, 9.17) is 22.0 Å². The highest BCUT2D eigenvalue weighted by Gasteiger charge is 2.45. The number of thiazole rings is 1. The molecular weight excluding hydrogens is 554 g/mol. The number of amides is 2. The van der Waals surface area contributed by atoms with Crippen molar-refractivity contribution in [3.05, 3.63) is 28.4 Å². The standard InChI is InChI=1S/C21H25N9O5S3/c1-3-35-28-16(11-8-37-20(24)26-11)18(32)25-9(2)29-13(23)4-12(22)27-21(29)38-7-10-6-36-15-5-14(31)30(15)17(10)19(33)34/h4,8-9,15H,3,5-7H2,1-2H3,(H7,22,23,24,25,26,32,33,34)/p+1/b28-16-. The van der Waals surface area contributed by atoms with Crippen LogP contribution in [0.5, 0.6) is 0 Å². The van der Waals surface area contributed by atoms with Crippen molar-refractivity contribution in [2.45, 2.75) is 37.0 Å². The molecule has 0 saturated carbocycles. The van der Waals surface area contributed by atoms with Crippen molar-refractivity contribution in [3.63, 3.8) is 0 Å². The summed E-state index contributed by atoms with van der Waals surface area (Å²) in [4.78, 5) is 52.1. The summed E-state index contributed by atoms with van der Waals surface area (Å²) in [6, 6.07) is 1.45. The number of fused-ring (bicyclic) bond motifs is 1. The molecule has 0 aliphatic carbocycles. The lowest BCUT2D eigenvalue weighted by atomic mass is 10.1. The van der Waals surface area contributed by atoms with E-state index in [0.29, 0.717) is 22.9 Å². The van der Waals surface area contributed by atoms with Crippen molar-refractivity contribution in [3.8, 4) is 0 Å². The molecule has 14 nitrogen and oxygen atoms in total. The van der Waals surface area contributed by atoms with Gasteiger partial charge in [0, 0.05) is 16.9 Å². The number of aliphatic carboxylic acids is 1. The van der Waals surface area contributed by atoms with Crippen LogP contribution in [-0.4, -0.2) is 67.0 Å².